The van der Waals surface area contributed by atoms with E-state index in [0.717, 1.165) is 24.8 Å². The van der Waals surface area contributed by atoms with Gasteiger partial charge in [-0.1, -0.05) is 0 Å². The van der Waals surface area contributed by atoms with E-state index in [1.54, 1.807) is 12.2 Å². The van der Waals surface area contributed by atoms with Gasteiger partial charge in [0.15, 0.2) is 0 Å². The Labute approximate surface area is 193 Å². The number of carbonyl (C=O) groups is 4. The van der Waals surface area contributed by atoms with E-state index in [9.17, 15) is 19.2 Å². The van der Waals surface area contributed by atoms with Gasteiger partial charge in [0.1, 0.15) is 0 Å². The fourth-order valence-corrected chi connectivity index (χ4v) is 13.5. The van der Waals surface area contributed by atoms with Gasteiger partial charge >= 0.3 is 194 Å². The number of hydrogen-bond acceptors (Lipinski definition) is 5. The molecule has 0 N–H and O–H groups in total. The van der Waals surface area contributed by atoms with E-state index < -0.39 is 13.5 Å². The van der Waals surface area contributed by atoms with Crippen molar-refractivity contribution >= 4 is 46.7 Å². The van der Waals surface area contributed by atoms with Crippen molar-refractivity contribution in [1.29, 1.82) is 0 Å². The van der Waals surface area contributed by atoms with Crippen molar-refractivity contribution in [1.82, 2.24) is 0 Å². The van der Waals surface area contributed by atoms with Gasteiger partial charge in [-0.05, 0) is 0 Å². The molecule has 0 aliphatic heterocycles. The molecule has 0 aromatic heterocycles. The molecule has 31 heavy (non-hydrogen) atoms. The molecule has 0 aromatic rings. The fourth-order valence-electron chi connectivity index (χ4n) is 7.33. The summed E-state index contributed by atoms with van der Waals surface area (Å²) in [4.78, 5) is 50.8. The monoisotopic (exact) mass is 504 g/mol. The molecule has 0 radical (unpaired) electrons. The summed E-state index contributed by atoms with van der Waals surface area (Å²) in [5.74, 6) is 0.451. The number of hydrogen-bond donors (Lipinski definition) is 0. The minimum absolute atomic E-state index is 0.0117. The molecular formula is C25H33AsO4S. The summed E-state index contributed by atoms with van der Waals surface area (Å²) in [7, 11) is 1.99. The van der Waals surface area contributed by atoms with Crippen molar-refractivity contribution in [2.24, 2.45) is 34.5 Å². The van der Waals surface area contributed by atoms with Crippen molar-refractivity contribution in [2.45, 2.75) is 69.5 Å². The Hall–Kier alpha value is -0.932. The van der Waals surface area contributed by atoms with Gasteiger partial charge in [-0.3, -0.25) is 0 Å². The maximum absolute atomic E-state index is 13.7. The molecule has 0 spiro atoms. The molecule has 0 bridgehead atoms. The summed E-state index contributed by atoms with van der Waals surface area (Å²) in [6, 6.07) is 0. The zero-order valence-corrected chi connectivity index (χ0v) is 21.8. The SMILES string of the molecule is CC(=O)CC(=O)C1C(S[As](C)C)CC2C3CCC4=CC(=O)C=CC4(C)C3C(=O)CC21C. The zero-order chi connectivity index (χ0) is 22.7. The molecule has 3 fully saturated rings. The standard InChI is InChI=1S/C25H33AsO4S/c1-14(27)10-19(29)23-21(31-26(4)5)12-18-17-7-6-15-11-16(28)8-9-24(15,2)22(17)20(30)13-25(18,23)3/h8-9,11,17-18,21-23H,6-7,10,12-13H2,1-5H3. The Balaban J connectivity index is 1.73. The van der Waals surface area contributed by atoms with Crippen LogP contribution in [0.25, 0.3) is 0 Å². The average Bonchev–Trinajstić information content (AvgIpc) is 2.92. The normalized spacial score (nSPS) is 41.5. The van der Waals surface area contributed by atoms with Gasteiger partial charge in [-0.2, -0.15) is 0 Å². The van der Waals surface area contributed by atoms with Crippen LogP contribution in [0.5, 0.6) is 0 Å². The Bertz CT molecular complexity index is 905. The van der Waals surface area contributed by atoms with Gasteiger partial charge in [0.05, 0.1) is 0 Å². The van der Waals surface area contributed by atoms with Crippen LogP contribution in [-0.4, -0.2) is 41.9 Å². The Morgan fingerprint density at radius 2 is 1.94 bits per heavy atom. The number of ketones is 4. The van der Waals surface area contributed by atoms with Crippen molar-refractivity contribution in [3.63, 3.8) is 0 Å². The minimum atomic E-state index is -1.06. The molecule has 4 aliphatic carbocycles. The Morgan fingerprint density at radius 3 is 2.58 bits per heavy atom. The molecule has 4 aliphatic rings. The van der Waals surface area contributed by atoms with Crippen LogP contribution in [0.3, 0.4) is 0 Å². The second kappa shape index (κ2) is 8.13. The second-order valence-electron chi connectivity index (χ2n) is 10.6. The summed E-state index contributed by atoms with van der Waals surface area (Å²) in [6.07, 6.45) is 8.47. The number of allylic oxidation sites excluding steroid dienone is 4. The van der Waals surface area contributed by atoms with Crippen LogP contribution in [-0.2, 0) is 19.2 Å². The molecule has 7 atom stereocenters. The zero-order valence-electron chi connectivity index (χ0n) is 19.1. The fraction of sp³-hybridized carbons (Fsp3) is 0.680. The van der Waals surface area contributed by atoms with Crippen LogP contribution in [0.1, 0.15) is 52.9 Å². The third kappa shape index (κ3) is 3.78. The third-order valence-electron chi connectivity index (χ3n) is 8.37. The maximum atomic E-state index is 13.7. The van der Waals surface area contributed by atoms with Gasteiger partial charge in [-0.15, -0.1) is 0 Å². The predicted molar refractivity (Wildman–Crippen MR) is 125 cm³/mol. The van der Waals surface area contributed by atoms with Crippen LogP contribution in [0.15, 0.2) is 23.8 Å². The Morgan fingerprint density at radius 1 is 1.23 bits per heavy atom. The van der Waals surface area contributed by atoms with Crippen LogP contribution < -0.4 is 0 Å². The average molecular weight is 505 g/mol. The topological polar surface area (TPSA) is 68.3 Å². The molecule has 168 valence electrons. The van der Waals surface area contributed by atoms with Gasteiger partial charge < -0.3 is 0 Å². The number of Topliss-reactive ketones (excluding diaryl/α,β-unsaturated/α-hetero) is 3. The molecule has 6 heteroatoms. The summed E-state index contributed by atoms with van der Waals surface area (Å²) < 4.78 is 0. The van der Waals surface area contributed by atoms with Crippen molar-refractivity contribution in [3.8, 4) is 0 Å². The molecule has 0 saturated heterocycles. The van der Waals surface area contributed by atoms with Crippen molar-refractivity contribution in [3.05, 3.63) is 23.8 Å². The van der Waals surface area contributed by atoms with Crippen molar-refractivity contribution < 1.29 is 19.2 Å². The van der Waals surface area contributed by atoms with Gasteiger partial charge in [-0.25, -0.2) is 0 Å². The summed E-state index contributed by atoms with van der Waals surface area (Å²) in [5, 5.41) is 0.219. The van der Waals surface area contributed by atoms with Gasteiger partial charge in [0.2, 0.25) is 0 Å². The number of carbonyl (C=O) groups excluding carboxylic acids is 4. The summed E-state index contributed by atoms with van der Waals surface area (Å²) in [5.41, 5.74) is 4.95. The Kier molecular flexibility index (Phi) is 6.09. The van der Waals surface area contributed by atoms with E-state index in [4.69, 9.17) is 0 Å². The first-order valence-electron chi connectivity index (χ1n) is 11.3. The van der Waals surface area contributed by atoms with Gasteiger partial charge in [0.25, 0.3) is 0 Å². The second-order valence-corrected chi connectivity index (χ2v) is 20.0. The van der Waals surface area contributed by atoms with Crippen LogP contribution in [0.2, 0.25) is 11.4 Å². The van der Waals surface area contributed by atoms with E-state index in [1.807, 2.05) is 16.1 Å². The molecule has 0 aromatic carbocycles. The van der Waals surface area contributed by atoms with Crippen LogP contribution >= 0.6 is 10.0 Å². The van der Waals surface area contributed by atoms with E-state index >= 15 is 0 Å². The van der Waals surface area contributed by atoms with Gasteiger partial charge in [0, 0.05) is 0 Å². The molecule has 7 unspecified atom stereocenters. The van der Waals surface area contributed by atoms with Crippen molar-refractivity contribution in [2.75, 3.05) is 0 Å². The van der Waals surface area contributed by atoms with E-state index in [2.05, 4.69) is 25.3 Å². The predicted octanol–water partition coefficient (Wildman–Crippen LogP) is 4.60. The van der Waals surface area contributed by atoms with Crippen LogP contribution in [0.4, 0.5) is 0 Å². The molecule has 4 nitrogen and oxygen atoms in total. The first kappa shape index (κ1) is 23.2. The number of fused-ring (bicyclic) bond motifs is 5. The molecule has 0 heterocycles. The van der Waals surface area contributed by atoms with E-state index in [0.29, 0.717) is 12.3 Å². The molecular weight excluding hydrogens is 471 g/mol. The molecule has 3 saturated carbocycles. The first-order valence-corrected chi connectivity index (χ1v) is 18.2. The van der Waals surface area contributed by atoms with E-state index in [1.165, 1.54) is 6.92 Å². The summed E-state index contributed by atoms with van der Waals surface area (Å²) in [6.45, 7) is 5.77. The first-order chi connectivity index (χ1) is 14.5. The third-order valence-corrected chi connectivity index (χ3v) is 13.9. The van der Waals surface area contributed by atoms with E-state index in [-0.39, 0.29) is 63.4 Å². The molecule has 4 rings (SSSR count). The van der Waals surface area contributed by atoms with Crippen LogP contribution in [0, 0.1) is 34.5 Å². The molecule has 0 amide bonds. The summed E-state index contributed by atoms with van der Waals surface area (Å²) >= 11 is -1.06. The number of rotatable bonds is 5. The quantitative estimate of drug-likeness (QED) is 0.404.